The predicted molar refractivity (Wildman–Crippen MR) is 114 cm³/mol. The number of ether oxygens (including phenoxy) is 2. The van der Waals surface area contributed by atoms with E-state index in [1.165, 1.54) is 18.4 Å². The molecule has 1 aliphatic carbocycles. The fourth-order valence-electron chi connectivity index (χ4n) is 2.33. The van der Waals surface area contributed by atoms with Crippen molar-refractivity contribution in [2.75, 3.05) is 33.4 Å². The first-order chi connectivity index (χ1) is 11.7. The summed E-state index contributed by atoms with van der Waals surface area (Å²) in [5.41, 5.74) is 2.35. The molecular weight excluding hydrogens is 429 g/mol. The molecule has 1 aromatic rings. The minimum atomic E-state index is 0. The summed E-state index contributed by atoms with van der Waals surface area (Å²) in [5, 5.41) is 6.62. The van der Waals surface area contributed by atoms with Gasteiger partial charge in [-0.15, -0.1) is 24.0 Å². The van der Waals surface area contributed by atoms with E-state index >= 15 is 0 Å². The summed E-state index contributed by atoms with van der Waals surface area (Å²) in [5.74, 6) is 2.55. The number of halogens is 1. The zero-order valence-electron chi connectivity index (χ0n) is 15.6. The molecule has 2 N–H and O–H groups in total. The van der Waals surface area contributed by atoms with Crippen molar-refractivity contribution in [2.45, 2.75) is 39.7 Å². The first kappa shape index (κ1) is 22.0. The minimum Gasteiger partial charge on any atom is -0.493 e. The molecule has 6 heteroatoms. The summed E-state index contributed by atoms with van der Waals surface area (Å²) in [7, 11) is 1.78. The molecular formula is C19H32IN3O2. The van der Waals surface area contributed by atoms with Gasteiger partial charge in [0.05, 0.1) is 13.2 Å². The molecule has 142 valence electrons. The van der Waals surface area contributed by atoms with E-state index in [9.17, 15) is 0 Å². The number of nitrogens with one attached hydrogen (secondary N) is 2. The number of benzene rings is 1. The average Bonchev–Trinajstić information content (AvgIpc) is 3.41. The molecule has 0 unspecified atom stereocenters. The first-order valence-corrected chi connectivity index (χ1v) is 8.97. The molecule has 1 aromatic carbocycles. The number of hydrogen-bond acceptors (Lipinski definition) is 3. The van der Waals surface area contributed by atoms with Crippen molar-refractivity contribution in [3.8, 4) is 5.75 Å². The molecule has 0 aromatic heterocycles. The number of rotatable bonds is 10. The Morgan fingerprint density at radius 1 is 1.24 bits per heavy atom. The van der Waals surface area contributed by atoms with Gasteiger partial charge < -0.3 is 20.1 Å². The van der Waals surface area contributed by atoms with Gasteiger partial charge in [0.15, 0.2) is 5.96 Å². The van der Waals surface area contributed by atoms with Gasteiger partial charge in [-0.3, -0.25) is 4.99 Å². The van der Waals surface area contributed by atoms with Crippen LogP contribution in [0.4, 0.5) is 0 Å². The summed E-state index contributed by atoms with van der Waals surface area (Å²) in [6, 6.07) is 6.31. The molecule has 1 fully saturated rings. The van der Waals surface area contributed by atoms with Gasteiger partial charge in [-0.05, 0) is 43.7 Å². The monoisotopic (exact) mass is 461 g/mol. The van der Waals surface area contributed by atoms with Crippen LogP contribution in [0.25, 0.3) is 0 Å². The molecule has 25 heavy (non-hydrogen) atoms. The van der Waals surface area contributed by atoms with Crippen molar-refractivity contribution in [1.82, 2.24) is 10.6 Å². The standard InChI is InChI=1S/C19H31N3O2.HI/c1-4-10-24-18-12-15(2)5-8-17(18)13-22-19(20-3)21-9-11-23-14-16-6-7-16;/h5,8,12,16H,4,6-7,9-11,13-14H2,1-3H3,(H2,20,21,22);1H. The van der Waals surface area contributed by atoms with Crippen LogP contribution >= 0.6 is 24.0 Å². The second kappa shape index (κ2) is 12.4. The van der Waals surface area contributed by atoms with E-state index in [0.717, 1.165) is 49.4 Å². The van der Waals surface area contributed by atoms with E-state index in [2.05, 4.69) is 47.7 Å². The highest BCUT2D eigenvalue weighted by atomic mass is 127. The van der Waals surface area contributed by atoms with E-state index in [4.69, 9.17) is 9.47 Å². The van der Waals surface area contributed by atoms with Crippen LogP contribution in [0.2, 0.25) is 0 Å². The Bertz CT molecular complexity index is 533. The Morgan fingerprint density at radius 2 is 2.04 bits per heavy atom. The lowest BCUT2D eigenvalue weighted by atomic mass is 10.1. The summed E-state index contributed by atoms with van der Waals surface area (Å²) >= 11 is 0. The fraction of sp³-hybridized carbons (Fsp3) is 0.632. The molecule has 1 saturated carbocycles. The second-order valence-electron chi connectivity index (χ2n) is 6.33. The topological polar surface area (TPSA) is 54.9 Å². The number of nitrogens with zero attached hydrogens (tertiary/aromatic N) is 1. The molecule has 0 spiro atoms. The molecule has 2 rings (SSSR count). The lowest BCUT2D eigenvalue weighted by Gasteiger charge is -2.15. The lowest BCUT2D eigenvalue weighted by Crippen LogP contribution is -2.38. The van der Waals surface area contributed by atoms with Crippen molar-refractivity contribution in [3.63, 3.8) is 0 Å². The van der Waals surface area contributed by atoms with Gasteiger partial charge in [0.2, 0.25) is 0 Å². The molecule has 0 bridgehead atoms. The highest BCUT2D eigenvalue weighted by Gasteiger charge is 2.20. The van der Waals surface area contributed by atoms with E-state index in [0.29, 0.717) is 13.2 Å². The molecule has 0 atom stereocenters. The van der Waals surface area contributed by atoms with Crippen molar-refractivity contribution in [1.29, 1.82) is 0 Å². The zero-order valence-corrected chi connectivity index (χ0v) is 18.0. The van der Waals surface area contributed by atoms with E-state index in [-0.39, 0.29) is 24.0 Å². The van der Waals surface area contributed by atoms with Crippen LogP contribution in [-0.2, 0) is 11.3 Å². The normalized spacial score (nSPS) is 14.0. The maximum absolute atomic E-state index is 5.85. The van der Waals surface area contributed by atoms with Crippen molar-refractivity contribution >= 4 is 29.9 Å². The van der Waals surface area contributed by atoms with E-state index in [1.54, 1.807) is 7.05 Å². The Labute approximate surface area is 169 Å². The molecule has 0 aliphatic heterocycles. The summed E-state index contributed by atoms with van der Waals surface area (Å²) in [4.78, 5) is 4.26. The molecule has 0 saturated heterocycles. The van der Waals surface area contributed by atoms with Crippen LogP contribution in [0.15, 0.2) is 23.2 Å². The Hall–Kier alpha value is -1.02. The summed E-state index contributed by atoms with van der Waals surface area (Å²) in [6.45, 7) is 7.99. The maximum atomic E-state index is 5.85. The largest absolute Gasteiger partial charge is 0.493 e. The van der Waals surface area contributed by atoms with Gasteiger partial charge in [0.25, 0.3) is 0 Å². The van der Waals surface area contributed by atoms with Gasteiger partial charge in [-0.1, -0.05) is 19.1 Å². The van der Waals surface area contributed by atoms with Gasteiger partial charge in [-0.25, -0.2) is 0 Å². The first-order valence-electron chi connectivity index (χ1n) is 8.97. The van der Waals surface area contributed by atoms with Crippen LogP contribution in [0.5, 0.6) is 5.75 Å². The number of guanidine groups is 1. The predicted octanol–water partition coefficient (Wildman–Crippen LogP) is 3.49. The van der Waals surface area contributed by atoms with Gasteiger partial charge in [-0.2, -0.15) is 0 Å². The van der Waals surface area contributed by atoms with Crippen LogP contribution in [-0.4, -0.2) is 39.4 Å². The average molecular weight is 461 g/mol. The quantitative estimate of drug-likeness (QED) is 0.243. The van der Waals surface area contributed by atoms with Crippen LogP contribution in [0.3, 0.4) is 0 Å². The van der Waals surface area contributed by atoms with Crippen molar-refractivity contribution < 1.29 is 9.47 Å². The van der Waals surface area contributed by atoms with Gasteiger partial charge >= 0.3 is 0 Å². The maximum Gasteiger partial charge on any atom is 0.191 e. The fourth-order valence-corrected chi connectivity index (χ4v) is 2.33. The minimum absolute atomic E-state index is 0. The van der Waals surface area contributed by atoms with E-state index < -0.39 is 0 Å². The Balaban J connectivity index is 0.00000312. The highest BCUT2D eigenvalue weighted by Crippen LogP contribution is 2.28. The third kappa shape index (κ3) is 8.76. The molecule has 0 radical (unpaired) electrons. The molecule has 0 heterocycles. The number of aliphatic imine (C=N–C) groups is 1. The van der Waals surface area contributed by atoms with E-state index in [1.807, 2.05) is 0 Å². The lowest BCUT2D eigenvalue weighted by molar-refractivity contribution is 0.129. The SMILES string of the molecule is CCCOc1cc(C)ccc1CNC(=NC)NCCOCC1CC1.I. The Morgan fingerprint density at radius 3 is 2.72 bits per heavy atom. The molecule has 1 aliphatic rings. The van der Waals surface area contributed by atoms with Crippen molar-refractivity contribution in [2.24, 2.45) is 10.9 Å². The van der Waals surface area contributed by atoms with Crippen LogP contribution in [0, 0.1) is 12.8 Å². The van der Waals surface area contributed by atoms with Crippen molar-refractivity contribution in [3.05, 3.63) is 29.3 Å². The smallest absolute Gasteiger partial charge is 0.191 e. The van der Waals surface area contributed by atoms with Crippen LogP contribution < -0.4 is 15.4 Å². The Kier molecular flexibility index (Phi) is 10.9. The van der Waals surface area contributed by atoms with Gasteiger partial charge in [0, 0.05) is 32.3 Å². The third-order valence-corrected chi connectivity index (χ3v) is 3.94. The van der Waals surface area contributed by atoms with Gasteiger partial charge in [0.1, 0.15) is 5.75 Å². The number of hydrogen-bond donors (Lipinski definition) is 2. The highest BCUT2D eigenvalue weighted by molar-refractivity contribution is 14.0. The number of aryl methyl sites for hydroxylation is 1. The third-order valence-electron chi connectivity index (χ3n) is 3.94. The summed E-state index contributed by atoms with van der Waals surface area (Å²) in [6.07, 6.45) is 3.66. The zero-order chi connectivity index (χ0) is 17.2. The summed E-state index contributed by atoms with van der Waals surface area (Å²) < 4.78 is 11.5. The second-order valence-corrected chi connectivity index (χ2v) is 6.33. The van der Waals surface area contributed by atoms with Crippen LogP contribution in [0.1, 0.15) is 37.3 Å². The molecule has 5 nitrogen and oxygen atoms in total. The molecule has 0 amide bonds.